The molecule has 2 aromatic carbocycles. The molecule has 0 saturated heterocycles. The maximum atomic E-state index is 12.9. The molecule has 0 bridgehead atoms. The zero-order valence-electron chi connectivity index (χ0n) is 31.6. The van der Waals surface area contributed by atoms with Crippen LogP contribution < -0.4 is 25.1 Å². The van der Waals surface area contributed by atoms with E-state index >= 15 is 0 Å². The number of anilines is 4. The van der Waals surface area contributed by atoms with Crippen molar-refractivity contribution in [3.8, 4) is 11.4 Å². The van der Waals surface area contributed by atoms with Crippen molar-refractivity contribution in [3.05, 3.63) is 78.3 Å². The molecule has 2 N–H and O–H groups in total. The first-order valence-electron chi connectivity index (χ1n) is 19.1. The Morgan fingerprint density at radius 3 is 1.57 bits per heavy atom. The molecular weight excluding hydrogens is 703 g/mol. The fourth-order valence-electron chi connectivity index (χ4n) is 8.10. The molecule has 12 nitrogen and oxygen atoms in total. The molecule has 4 aromatic rings. The van der Waals surface area contributed by atoms with Crippen LogP contribution >= 0.6 is 11.6 Å². The monoisotopic (exact) mass is 752 g/mol. The van der Waals surface area contributed by atoms with Crippen molar-refractivity contribution >= 4 is 59.0 Å². The molecule has 284 valence electrons. The predicted molar refractivity (Wildman–Crippen MR) is 215 cm³/mol. The van der Waals surface area contributed by atoms with Gasteiger partial charge in [-0.3, -0.25) is 9.59 Å². The maximum absolute atomic E-state index is 12.9. The highest BCUT2D eigenvalue weighted by atomic mass is 35.5. The first kappa shape index (κ1) is 39.1. The minimum Gasteiger partial charge on any atom is -0.423 e. The Morgan fingerprint density at radius 2 is 1.13 bits per heavy atom. The molecule has 2 atom stereocenters. The van der Waals surface area contributed by atoms with E-state index < -0.39 is 7.12 Å². The highest BCUT2D eigenvalue weighted by Gasteiger charge is 2.42. The van der Waals surface area contributed by atoms with Crippen LogP contribution in [0.2, 0.25) is 5.28 Å². The lowest BCUT2D eigenvalue weighted by Gasteiger charge is -2.43. The first-order chi connectivity index (χ1) is 26.1. The smallest absolute Gasteiger partial charge is 0.423 e. The van der Waals surface area contributed by atoms with Crippen molar-refractivity contribution in [2.45, 2.75) is 102 Å². The highest BCUT2D eigenvalue weighted by molar-refractivity contribution is 6.58. The second kappa shape index (κ2) is 17.7. The quantitative estimate of drug-likeness (QED) is 0.188. The van der Waals surface area contributed by atoms with Crippen LogP contribution in [-0.2, 0) is 9.59 Å². The number of fused-ring (bicyclic) bond motifs is 2. The van der Waals surface area contributed by atoms with E-state index in [1.165, 1.54) is 25.7 Å². The van der Waals surface area contributed by atoms with E-state index in [2.05, 4.69) is 31.7 Å². The lowest BCUT2D eigenvalue weighted by atomic mass is 9.81. The van der Waals surface area contributed by atoms with Crippen LogP contribution in [-0.4, -0.2) is 87.2 Å². The molecule has 2 amide bonds. The number of nitrogens with zero attached hydrogens (tertiary/aromatic N) is 8. The molecule has 8 rings (SSSR count). The second-order valence-corrected chi connectivity index (χ2v) is 14.6. The maximum Gasteiger partial charge on any atom is 0.488 e. The van der Waals surface area contributed by atoms with Gasteiger partial charge in [0.15, 0.2) is 17.5 Å². The zero-order chi connectivity index (χ0) is 38.4. The summed E-state index contributed by atoms with van der Waals surface area (Å²) in [7, 11) is 2.28. The Labute approximate surface area is 323 Å². The first-order valence-corrected chi connectivity index (χ1v) is 19.5. The normalized spacial score (nSPS) is 19.8. The van der Waals surface area contributed by atoms with Crippen molar-refractivity contribution < 1.29 is 19.6 Å². The lowest BCUT2D eigenvalue weighted by Crippen LogP contribution is -2.55. The molecule has 14 heteroatoms. The van der Waals surface area contributed by atoms with Gasteiger partial charge in [-0.1, -0.05) is 100 Å². The number of halogens is 1. The van der Waals surface area contributed by atoms with E-state index in [-0.39, 0.29) is 29.2 Å². The van der Waals surface area contributed by atoms with Crippen molar-refractivity contribution in [1.29, 1.82) is 0 Å². The van der Waals surface area contributed by atoms with E-state index in [0.717, 1.165) is 72.9 Å². The van der Waals surface area contributed by atoms with Crippen molar-refractivity contribution in [3.63, 3.8) is 0 Å². The van der Waals surface area contributed by atoms with Crippen LogP contribution in [0.5, 0.6) is 0 Å². The number of carbonyl (C=O) groups is 2. The van der Waals surface area contributed by atoms with Crippen LogP contribution in [0.4, 0.5) is 23.0 Å². The Bertz CT molecular complexity index is 1880. The summed E-state index contributed by atoms with van der Waals surface area (Å²) < 4.78 is 0. The van der Waals surface area contributed by atoms with E-state index in [1.807, 2.05) is 50.4 Å². The zero-order valence-corrected chi connectivity index (χ0v) is 32.3. The van der Waals surface area contributed by atoms with Gasteiger partial charge in [0.05, 0.1) is 12.4 Å². The van der Waals surface area contributed by atoms with Crippen LogP contribution in [0.25, 0.3) is 11.4 Å². The number of rotatable bonds is 6. The minimum atomic E-state index is -1.34. The third-order valence-electron chi connectivity index (χ3n) is 10.9. The van der Waals surface area contributed by atoms with Crippen molar-refractivity contribution in [1.82, 2.24) is 19.9 Å². The molecule has 0 radical (unpaired) electrons. The van der Waals surface area contributed by atoms with Crippen molar-refractivity contribution in [2.24, 2.45) is 0 Å². The average molecular weight is 753 g/mol. The van der Waals surface area contributed by atoms with Gasteiger partial charge in [0.2, 0.25) is 17.1 Å². The molecule has 2 aliphatic heterocycles. The Hall–Kier alpha value is -4.59. The van der Waals surface area contributed by atoms with Gasteiger partial charge in [-0.05, 0) is 55.6 Å². The Morgan fingerprint density at radius 1 is 0.685 bits per heavy atom. The number of hydrogen-bond acceptors (Lipinski definition) is 10. The number of likely N-dealkylation sites (N-methyl/N-ethyl adjacent to an activating group) is 2. The van der Waals surface area contributed by atoms with E-state index in [9.17, 15) is 9.59 Å². The van der Waals surface area contributed by atoms with Gasteiger partial charge < -0.3 is 29.6 Å². The van der Waals surface area contributed by atoms with Gasteiger partial charge >= 0.3 is 7.12 Å². The molecular formula is C40H50BClN8O4. The molecule has 2 aromatic heterocycles. The van der Waals surface area contributed by atoms with Crippen LogP contribution in [0, 0.1) is 0 Å². The summed E-state index contributed by atoms with van der Waals surface area (Å²) in [5, 5.41) is 17.4. The molecule has 0 spiro atoms. The Kier molecular flexibility index (Phi) is 12.8. The van der Waals surface area contributed by atoms with Gasteiger partial charge in [-0.15, -0.1) is 0 Å². The summed E-state index contributed by atoms with van der Waals surface area (Å²) in [6.45, 7) is 4.13. The SMILES string of the molecule is CC[C@@H]1C(=O)N(C)c2cnc(-c3ccccc3)nc2N1C1CCCC1.CC[C@@H]1C(=O)N(C)c2cnc(Cl)nc2N1C1CCCC1.OB(O)c1ccccc1. The van der Waals surface area contributed by atoms with Gasteiger partial charge in [-0.25, -0.2) is 15.0 Å². The average Bonchev–Trinajstić information content (AvgIpc) is 3.94. The molecule has 2 fully saturated rings. The number of hydrogen-bond donors (Lipinski definition) is 2. The van der Waals surface area contributed by atoms with E-state index in [0.29, 0.717) is 17.5 Å². The highest BCUT2D eigenvalue weighted by Crippen LogP contribution is 2.41. The molecule has 4 aliphatic rings. The van der Waals surface area contributed by atoms with Crippen LogP contribution in [0.1, 0.15) is 78.1 Å². The standard InChI is InChI=1S/C20H24N4O.C14H19ClN4O.C6H7BO2/c1-3-16-20(25)23(2)17-13-21-18(14-9-5-4-6-10-14)22-19(17)24(16)15-11-7-8-12-15;1-3-10-13(20)18(2)11-8-16-14(15)17-12(11)19(10)9-6-4-5-7-9;8-7(9)6-4-2-1-3-5-6/h4-6,9-10,13,15-16H,3,7-8,11-12H2,1-2H3;8-10H,3-7H2,1-2H3;1-5,8-9H/t16-;10-;/m11./s1. The second-order valence-electron chi connectivity index (χ2n) is 14.2. The van der Waals surface area contributed by atoms with Gasteiger partial charge in [0.25, 0.3) is 0 Å². The third-order valence-corrected chi connectivity index (χ3v) is 11.1. The summed E-state index contributed by atoms with van der Waals surface area (Å²) >= 11 is 5.97. The Balaban J connectivity index is 0.000000153. The molecule has 0 unspecified atom stereocenters. The molecule has 2 aliphatic carbocycles. The van der Waals surface area contributed by atoms with Crippen LogP contribution in [0.15, 0.2) is 73.1 Å². The number of aromatic nitrogens is 4. The third kappa shape index (κ3) is 8.23. The topological polar surface area (TPSA) is 139 Å². The van der Waals surface area contributed by atoms with Gasteiger partial charge in [-0.2, -0.15) is 4.98 Å². The number of amides is 2. The van der Waals surface area contributed by atoms with Gasteiger partial charge in [0.1, 0.15) is 23.5 Å². The fraction of sp³-hybridized carbons (Fsp3) is 0.450. The number of benzene rings is 2. The van der Waals surface area contributed by atoms with Gasteiger partial charge in [0, 0.05) is 31.7 Å². The summed E-state index contributed by atoms with van der Waals surface area (Å²) in [4.78, 5) is 51.2. The van der Waals surface area contributed by atoms with Crippen molar-refractivity contribution in [2.75, 3.05) is 33.7 Å². The fourth-order valence-corrected chi connectivity index (χ4v) is 8.23. The van der Waals surface area contributed by atoms with Crippen LogP contribution in [0.3, 0.4) is 0 Å². The summed E-state index contributed by atoms with van der Waals surface area (Å²) in [5.41, 5.74) is 3.11. The minimum absolute atomic E-state index is 0.123. The molecule has 2 saturated carbocycles. The van der Waals surface area contributed by atoms with E-state index in [1.54, 1.807) is 53.5 Å². The summed E-state index contributed by atoms with van der Waals surface area (Å²) in [5.74, 6) is 2.72. The molecule has 54 heavy (non-hydrogen) atoms. The largest absolute Gasteiger partial charge is 0.488 e. The van der Waals surface area contributed by atoms with E-state index in [4.69, 9.17) is 26.6 Å². The summed E-state index contributed by atoms with van der Waals surface area (Å²) in [6.07, 6.45) is 14.4. The number of carbonyl (C=O) groups excluding carboxylic acids is 2. The predicted octanol–water partition coefficient (Wildman–Crippen LogP) is 5.65. The summed E-state index contributed by atoms with van der Waals surface area (Å²) in [6, 6.07) is 19.2. The lowest BCUT2D eigenvalue weighted by molar-refractivity contribution is -0.120. The molecule has 4 heterocycles.